The molecule has 6 rings (SSSR count). The van der Waals surface area contributed by atoms with Crippen molar-refractivity contribution in [1.82, 2.24) is 44.4 Å². The lowest BCUT2D eigenvalue weighted by molar-refractivity contribution is -0.137. The standard InChI is InChI=1S/C23H16F6N10O/c1-22(11-7-34-37(10-11)21(25)26)6-13(14-9-30-17-5-16(24)36-38(17)18(14)22)20(40)35-12-4-15(23(27,28)29)19(31-8-12)39-32-2-3-33-39/h2-5,7-10,13,21H,6H2,1H3,(H,35,40)/t13-,22-/m1/s1. The Hall–Kier alpha value is -4.83. The van der Waals surface area contributed by atoms with Crippen LogP contribution in [-0.2, 0) is 16.4 Å². The number of rotatable bonds is 5. The maximum atomic E-state index is 14.1. The van der Waals surface area contributed by atoms with Crippen molar-refractivity contribution in [3.05, 3.63) is 77.6 Å². The Labute approximate surface area is 219 Å². The molecule has 2 atom stereocenters. The highest BCUT2D eigenvalue weighted by Gasteiger charge is 2.48. The maximum absolute atomic E-state index is 14.1. The second-order valence-corrected chi connectivity index (χ2v) is 9.28. The van der Waals surface area contributed by atoms with E-state index in [4.69, 9.17) is 0 Å². The molecular formula is C23H16F6N10O. The zero-order valence-corrected chi connectivity index (χ0v) is 20.2. The van der Waals surface area contributed by atoms with Gasteiger partial charge >= 0.3 is 12.7 Å². The third-order valence-corrected chi connectivity index (χ3v) is 6.80. The lowest BCUT2D eigenvalue weighted by atomic mass is 9.80. The molecule has 5 aromatic heterocycles. The molecule has 5 heterocycles. The number of amides is 1. The summed E-state index contributed by atoms with van der Waals surface area (Å²) in [7, 11) is 0. The van der Waals surface area contributed by atoms with Gasteiger partial charge in [0.2, 0.25) is 11.9 Å². The molecule has 17 heteroatoms. The van der Waals surface area contributed by atoms with Crippen molar-refractivity contribution < 1.29 is 31.1 Å². The van der Waals surface area contributed by atoms with Gasteiger partial charge in [-0.2, -0.15) is 41.6 Å². The molecule has 1 amide bonds. The van der Waals surface area contributed by atoms with Crippen molar-refractivity contribution in [2.24, 2.45) is 0 Å². The molecule has 5 aromatic rings. The zero-order chi connectivity index (χ0) is 28.4. The number of fused-ring (bicyclic) bond motifs is 3. The van der Waals surface area contributed by atoms with Crippen LogP contribution in [0.5, 0.6) is 0 Å². The van der Waals surface area contributed by atoms with Gasteiger partial charge in [0.05, 0.1) is 42.1 Å². The molecule has 0 saturated carbocycles. The second-order valence-electron chi connectivity index (χ2n) is 9.28. The molecule has 0 aliphatic heterocycles. The van der Waals surface area contributed by atoms with Crippen LogP contribution in [0.1, 0.15) is 48.2 Å². The fourth-order valence-electron chi connectivity index (χ4n) is 5.01. The van der Waals surface area contributed by atoms with Crippen molar-refractivity contribution in [3.63, 3.8) is 0 Å². The average Bonchev–Trinajstić information content (AvgIpc) is 3.68. The molecule has 0 spiro atoms. The Balaban J connectivity index is 1.40. The Kier molecular flexibility index (Phi) is 5.63. The minimum Gasteiger partial charge on any atom is -0.324 e. The van der Waals surface area contributed by atoms with E-state index in [0.29, 0.717) is 32.4 Å². The number of nitrogens with one attached hydrogen (secondary N) is 1. The van der Waals surface area contributed by atoms with Crippen molar-refractivity contribution in [2.45, 2.75) is 37.4 Å². The number of aromatic nitrogens is 9. The summed E-state index contributed by atoms with van der Waals surface area (Å²) in [6, 6.07) is 1.77. The number of carbonyl (C=O) groups is 1. The molecule has 206 valence electrons. The predicted octanol–water partition coefficient (Wildman–Crippen LogP) is 3.89. The lowest BCUT2D eigenvalue weighted by Gasteiger charge is -2.24. The predicted molar refractivity (Wildman–Crippen MR) is 123 cm³/mol. The summed E-state index contributed by atoms with van der Waals surface area (Å²) in [4.78, 5) is 22.2. The lowest BCUT2D eigenvalue weighted by Crippen LogP contribution is -2.25. The molecule has 11 nitrogen and oxygen atoms in total. The van der Waals surface area contributed by atoms with E-state index in [0.717, 1.165) is 18.5 Å². The Morgan fingerprint density at radius 3 is 2.52 bits per heavy atom. The van der Waals surface area contributed by atoms with Crippen molar-refractivity contribution in [2.75, 3.05) is 5.32 Å². The smallest absolute Gasteiger partial charge is 0.324 e. The highest BCUT2D eigenvalue weighted by molar-refractivity contribution is 5.97. The first kappa shape index (κ1) is 25.4. The quantitative estimate of drug-likeness (QED) is 0.323. The monoisotopic (exact) mass is 562 g/mol. The maximum Gasteiger partial charge on any atom is 0.420 e. The Morgan fingerprint density at radius 1 is 1.10 bits per heavy atom. The van der Waals surface area contributed by atoms with Gasteiger partial charge in [-0.15, -0.1) is 9.90 Å². The molecule has 0 radical (unpaired) electrons. The molecule has 40 heavy (non-hydrogen) atoms. The van der Waals surface area contributed by atoms with Gasteiger partial charge in [0.25, 0.3) is 0 Å². The summed E-state index contributed by atoms with van der Waals surface area (Å²) in [5.41, 5.74) is -1.60. The van der Waals surface area contributed by atoms with Gasteiger partial charge in [-0.25, -0.2) is 19.2 Å². The SMILES string of the molecule is C[C@]1(c2cnn(C(F)F)c2)C[C@@H](C(=O)Nc2cnc(-n3nccn3)c(C(F)(F)F)c2)c2cnc3cc(F)nn3c21. The van der Waals surface area contributed by atoms with Crippen LogP contribution in [0.25, 0.3) is 11.5 Å². The summed E-state index contributed by atoms with van der Waals surface area (Å²) in [6.45, 7) is -1.27. The fourth-order valence-corrected chi connectivity index (χ4v) is 5.01. The van der Waals surface area contributed by atoms with E-state index in [1.165, 1.54) is 29.3 Å². The van der Waals surface area contributed by atoms with Crippen molar-refractivity contribution in [3.8, 4) is 5.82 Å². The normalized spacial score (nSPS) is 18.9. The first-order valence-electron chi connectivity index (χ1n) is 11.6. The highest BCUT2D eigenvalue weighted by Crippen LogP contribution is 2.50. The van der Waals surface area contributed by atoms with E-state index in [1.807, 2.05) is 0 Å². The van der Waals surface area contributed by atoms with Crippen LogP contribution in [0.15, 0.2) is 49.3 Å². The summed E-state index contributed by atoms with van der Waals surface area (Å²) >= 11 is 0. The van der Waals surface area contributed by atoms with Crippen LogP contribution in [0.2, 0.25) is 0 Å². The summed E-state index contributed by atoms with van der Waals surface area (Å²) in [5, 5.41) is 17.3. The molecule has 0 bridgehead atoms. The second kappa shape index (κ2) is 8.85. The van der Waals surface area contributed by atoms with Crippen LogP contribution >= 0.6 is 0 Å². The van der Waals surface area contributed by atoms with E-state index < -0.39 is 47.3 Å². The zero-order valence-electron chi connectivity index (χ0n) is 20.2. The molecule has 0 unspecified atom stereocenters. The van der Waals surface area contributed by atoms with Gasteiger partial charge in [-0.1, -0.05) is 0 Å². The molecule has 1 N–H and O–H groups in total. The van der Waals surface area contributed by atoms with Crippen molar-refractivity contribution >= 4 is 17.2 Å². The van der Waals surface area contributed by atoms with Crippen LogP contribution in [0, 0.1) is 5.95 Å². The summed E-state index contributed by atoms with van der Waals surface area (Å²) in [5.74, 6) is -3.18. The fraction of sp³-hybridized carbons (Fsp3) is 0.261. The number of hydrogen-bond donors (Lipinski definition) is 1. The third-order valence-electron chi connectivity index (χ3n) is 6.80. The molecule has 0 saturated heterocycles. The van der Waals surface area contributed by atoms with E-state index >= 15 is 0 Å². The number of nitrogens with zero attached hydrogens (tertiary/aromatic N) is 9. The van der Waals surface area contributed by atoms with Gasteiger partial charge in [0.15, 0.2) is 11.5 Å². The largest absolute Gasteiger partial charge is 0.420 e. The highest BCUT2D eigenvalue weighted by atomic mass is 19.4. The first-order valence-corrected chi connectivity index (χ1v) is 11.6. The van der Waals surface area contributed by atoms with Crippen LogP contribution in [-0.4, -0.2) is 50.3 Å². The van der Waals surface area contributed by atoms with Gasteiger partial charge < -0.3 is 5.32 Å². The third kappa shape index (κ3) is 4.04. The number of halogens is 6. The van der Waals surface area contributed by atoms with Gasteiger partial charge in [-0.05, 0) is 19.4 Å². The molecule has 1 aliphatic carbocycles. The van der Waals surface area contributed by atoms with E-state index in [-0.39, 0.29) is 17.8 Å². The van der Waals surface area contributed by atoms with E-state index in [1.54, 1.807) is 6.92 Å². The summed E-state index contributed by atoms with van der Waals surface area (Å²) in [6.07, 6.45) is 2.19. The Morgan fingerprint density at radius 2 is 1.85 bits per heavy atom. The minimum absolute atomic E-state index is 0.0276. The van der Waals surface area contributed by atoms with Crippen LogP contribution < -0.4 is 5.32 Å². The van der Waals surface area contributed by atoms with Crippen molar-refractivity contribution in [1.29, 1.82) is 0 Å². The minimum atomic E-state index is -4.85. The summed E-state index contributed by atoms with van der Waals surface area (Å²) < 4.78 is 83.8. The molecule has 0 fully saturated rings. The van der Waals surface area contributed by atoms with Gasteiger partial charge in [0, 0.05) is 35.0 Å². The number of alkyl halides is 5. The molecular weight excluding hydrogens is 546 g/mol. The number of hydrogen-bond acceptors (Lipinski definition) is 7. The number of pyridine rings is 1. The number of carbonyl (C=O) groups excluding carboxylic acids is 1. The van der Waals surface area contributed by atoms with E-state index in [2.05, 4.69) is 35.7 Å². The van der Waals surface area contributed by atoms with Gasteiger partial charge in [0.1, 0.15) is 5.56 Å². The number of anilines is 1. The molecule has 1 aliphatic rings. The average molecular weight is 562 g/mol. The van der Waals surface area contributed by atoms with Crippen LogP contribution in [0.3, 0.4) is 0 Å². The van der Waals surface area contributed by atoms with E-state index in [9.17, 15) is 31.1 Å². The van der Waals surface area contributed by atoms with Crippen LogP contribution in [0.4, 0.5) is 32.0 Å². The Bertz CT molecular complexity index is 1740. The first-order chi connectivity index (χ1) is 19.0. The topological polar surface area (TPSA) is 121 Å². The van der Waals surface area contributed by atoms with Gasteiger partial charge in [-0.3, -0.25) is 4.79 Å². The molecule has 0 aromatic carbocycles.